The van der Waals surface area contributed by atoms with Crippen LogP contribution >= 0.6 is 0 Å². The number of ether oxygens (including phenoxy) is 5. The Labute approximate surface area is 229 Å². The van der Waals surface area contributed by atoms with E-state index in [-0.39, 0.29) is 37.1 Å². The van der Waals surface area contributed by atoms with Crippen molar-refractivity contribution in [3.8, 4) is 23.0 Å². The number of nitrogens with one attached hydrogen (secondary N) is 1. The maximum absolute atomic E-state index is 14.2. The van der Waals surface area contributed by atoms with E-state index in [2.05, 4.69) is 5.32 Å². The number of amides is 2. The van der Waals surface area contributed by atoms with Crippen LogP contribution in [0.1, 0.15) is 56.6 Å². The smallest absolute Gasteiger partial charge is 0.268 e. The molecule has 1 saturated heterocycles. The molecule has 1 saturated carbocycles. The topological polar surface area (TPSA) is 95.6 Å². The van der Waals surface area contributed by atoms with Gasteiger partial charge >= 0.3 is 0 Å². The van der Waals surface area contributed by atoms with Crippen molar-refractivity contribution < 1.29 is 33.3 Å². The molecule has 0 spiro atoms. The summed E-state index contributed by atoms with van der Waals surface area (Å²) in [6.45, 7) is 0.955. The number of carbonyl (C=O) groups excluding carboxylic acids is 2. The van der Waals surface area contributed by atoms with Crippen molar-refractivity contribution in [2.45, 2.75) is 69.2 Å². The number of hydrogen-bond acceptors (Lipinski definition) is 7. The molecule has 2 fully saturated rings. The first-order chi connectivity index (χ1) is 19.1. The summed E-state index contributed by atoms with van der Waals surface area (Å²) in [6.07, 6.45) is 5.86. The van der Waals surface area contributed by atoms with Crippen LogP contribution in [0, 0.1) is 0 Å². The second kappa shape index (κ2) is 12.6. The maximum Gasteiger partial charge on any atom is 0.268 e. The van der Waals surface area contributed by atoms with Gasteiger partial charge in [-0.3, -0.25) is 9.59 Å². The minimum atomic E-state index is -0.913. The first-order valence-electron chi connectivity index (χ1n) is 13.9. The van der Waals surface area contributed by atoms with Gasteiger partial charge in [-0.05, 0) is 55.5 Å². The van der Waals surface area contributed by atoms with Crippen molar-refractivity contribution in [1.29, 1.82) is 0 Å². The number of para-hydroxylation sites is 2. The molecule has 3 atom stereocenters. The van der Waals surface area contributed by atoms with Crippen LogP contribution in [0.3, 0.4) is 0 Å². The van der Waals surface area contributed by atoms with E-state index in [4.69, 9.17) is 23.7 Å². The fourth-order valence-electron chi connectivity index (χ4n) is 5.68. The van der Waals surface area contributed by atoms with E-state index in [1.54, 1.807) is 37.3 Å². The highest BCUT2D eigenvalue weighted by Gasteiger charge is 2.40. The standard InChI is InChI=1S/C30H38N2O7/c1-35-23-15-14-20(17-26(23)36-2)28(29(33)31-21-9-4-3-5-10-21)32(18-22-11-8-16-37-22)30(34)27-19-38-24-12-6-7-13-25(24)39-27/h6-7,12-15,17,21-22,27-28H,3-5,8-11,16,18-19H2,1-2H3,(H,31,33)/t22-,27+,28+/m0/s1. The normalized spacial score (nSPS) is 21.6. The number of methoxy groups -OCH3 is 2. The number of nitrogens with zero attached hydrogens (tertiary/aromatic N) is 1. The fourth-order valence-corrected chi connectivity index (χ4v) is 5.68. The lowest BCUT2D eigenvalue weighted by Crippen LogP contribution is -2.54. The zero-order valence-corrected chi connectivity index (χ0v) is 22.7. The molecule has 210 valence electrons. The van der Waals surface area contributed by atoms with Crippen LogP contribution in [-0.4, -0.2) is 68.9 Å². The van der Waals surface area contributed by atoms with Gasteiger partial charge in [-0.15, -0.1) is 0 Å². The predicted molar refractivity (Wildman–Crippen MR) is 144 cm³/mol. The average Bonchev–Trinajstić information content (AvgIpc) is 3.50. The number of carbonyl (C=O) groups is 2. The van der Waals surface area contributed by atoms with Crippen LogP contribution in [-0.2, 0) is 14.3 Å². The zero-order chi connectivity index (χ0) is 27.2. The molecule has 2 amide bonds. The van der Waals surface area contributed by atoms with E-state index in [0.717, 1.165) is 38.5 Å². The van der Waals surface area contributed by atoms with E-state index >= 15 is 0 Å². The SMILES string of the molecule is COc1ccc([C@H](C(=O)NC2CCCCC2)N(C[C@@H]2CCCO2)C(=O)[C@H]2COc3ccccc3O2)cc1OC. The van der Waals surface area contributed by atoms with Crippen molar-refractivity contribution in [2.24, 2.45) is 0 Å². The zero-order valence-electron chi connectivity index (χ0n) is 22.7. The minimum Gasteiger partial charge on any atom is -0.493 e. The Hall–Kier alpha value is -3.46. The first kappa shape index (κ1) is 27.1. The van der Waals surface area contributed by atoms with E-state index in [1.807, 2.05) is 24.3 Å². The number of benzene rings is 2. The van der Waals surface area contributed by atoms with Crippen molar-refractivity contribution in [1.82, 2.24) is 10.2 Å². The van der Waals surface area contributed by atoms with Crippen LogP contribution in [0.15, 0.2) is 42.5 Å². The molecule has 1 aliphatic carbocycles. The van der Waals surface area contributed by atoms with Gasteiger partial charge in [-0.1, -0.05) is 37.5 Å². The van der Waals surface area contributed by atoms with Crippen LogP contribution < -0.4 is 24.3 Å². The molecular weight excluding hydrogens is 500 g/mol. The van der Waals surface area contributed by atoms with Gasteiger partial charge in [0.2, 0.25) is 12.0 Å². The first-order valence-corrected chi connectivity index (χ1v) is 13.9. The van der Waals surface area contributed by atoms with E-state index in [9.17, 15) is 9.59 Å². The van der Waals surface area contributed by atoms with Gasteiger partial charge in [0.25, 0.3) is 5.91 Å². The Morgan fingerprint density at radius 1 is 0.974 bits per heavy atom. The van der Waals surface area contributed by atoms with E-state index in [1.165, 1.54) is 6.42 Å². The van der Waals surface area contributed by atoms with E-state index in [0.29, 0.717) is 35.2 Å². The maximum atomic E-state index is 14.2. The third kappa shape index (κ3) is 6.24. The Morgan fingerprint density at radius 3 is 2.46 bits per heavy atom. The molecule has 1 N–H and O–H groups in total. The summed E-state index contributed by atoms with van der Waals surface area (Å²) in [5, 5.41) is 3.24. The van der Waals surface area contributed by atoms with Gasteiger partial charge in [-0.25, -0.2) is 0 Å². The summed E-state index contributed by atoms with van der Waals surface area (Å²) in [5.74, 6) is 1.59. The van der Waals surface area contributed by atoms with Crippen molar-refractivity contribution >= 4 is 11.8 Å². The van der Waals surface area contributed by atoms with Crippen molar-refractivity contribution in [2.75, 3.05) is 34.0 Å². The molecule has 2 heterocycles. The molecule has 0 bridgehead atoms. The number of rotatable bonds is 9. The lowest BCUT2D eigenvalue weighted by atomic mass is 9.94. The molecule has 0 radical (unpaired) electrons. The van der Waals surface area contributed by atoms with Crippen LogP contribution in [0.5, 0.6) is 23.0 Å². The molecule has 39 heavy (non-hydrogen) atoms. The molecule has 2 aromatic rings. The molecule has 3 aliphatic rings. The molecule has 2 aromatic carbocycles. The molecule has 9 nitrogen and oxygen atoms in total. The van der Waals surface area contributed by atoms with Crippen LogP contribution in [0.2, 0.25) is 0 Å². The molecule has 0 unspecified atom stereocenters. The van der Waals surface area contributed by atoms with Crippen LogP contribution in [0.4, 0.5) is 0 Å². The lowest BCUT2D eigenvalue weighted by molar-refractivity contribution is -0.150. The summed E-state index contributed by atoms with van der Waals surface area (Å²) in [7, 11) is 3.12. The van der Waals surface area contributed by atoms with Crippen molar-refractivity contribution in [3.63, 3.8) is 0 Å². The predicted octanol–water partition coefficient (Wildman–Crippen LogP) is 4.04. The van der Waals surface area contributed by atoms with Gasteiger partial charge in [0.05, 0.1) is 20.3 Å². The minimum absolute atomic E-state index is 0.0563. The Morgan fingerprint density at radius 2 is 1.74 bits per heavy atom. The lowest BCUT2D eigenvalue weighted by Gasteiger charge is -2.37. The third-order valence-corrected chi connectivity index (χ3v) is 7.73. The second-order valence-corrected chi connectivity index (χ2v) is 10.4. The largest absolute Gasteiger partial charge is 0.493 e. The summed E-state index contributed by atoms with van der Waals surface area (Å²) in [4.78, 5) is 29.9. The highest BCUT2D eigenvalue weighted by molar-refractivity contribution is 5.91. The Kier molecular flexibility index (Phi) is 8.76. The summed E-state index contributed by atoms with van der Waals surface area (Å²) in [5.41, 5.74) is 0.629. The Bertz CT molecular complexity index is 1140. The molecule has 5 rings (SSSR count). The summed E-state index contributed by atoms with van der Waals surface area (Å²) in [6, 6.07) is 11.8. The quantitative estimate of drug-likeness (QED) is 0.515. The highest BCUT2D eigenvalue weighted by Crippen LogP contribution is 2.36. The van der Waals surface area contributed by atoms with Crippen LogP contribution in [0.25, 0.3) is 0 Å². The highest BCUT2D eigenvalue weighted by atomic mass is 16.6. The molecule has 0 aromatic heterocycles. The van der Waals surface area contributed by atoms with Crippen molar-refractivity contribution in [3.05, 3.63) is 48.0 Å². The third-order valence-electron chi connectivity index (χ3n) is 7.73. The summed E-state index contributed by atoms with van der Waals surface area (Å²) < 4.78 is 28.9. The Balaban J connectivity index is 1.50. The monoisotopic (exact) mass is 538 g/mol. The van der Waals surface area contributed by atoms with Gasteiger partial charge in [0.1, 0.15) is 12.6 Å². The number of hydrogen-bond donors (Lipinski definition) is 1. The molecule has 2 aliphatic heterocycles. The molecule has 9 heteroatoms. The number of fused-ring (bicyclic) bond motifs is 1. The van der Waals surface area contributed by atoms with Gasteiger partial charge in [0.15, 0.2) is 23.0 Å². The average molecular weight is 539 g/mol. The van der Waals surface area contributed by atoms with Gasteiger partial charge < -0.3 is 33.9 Å². The second-order valence-electron chi connectivity index (χ2n) is 10.4. The van der Waals surface area contributed by atoms with E-state index < -0.39 is 12.1 Å². The fraction of sp³-hybridized carbons (Fsp3) is 0.533. The van der Waals surface area contributed by atoms with Gasteiger partial charge in [-0.2, -0.15) is 0 Å². The van der Waals surface area contributed by atoms with Gasteiger partial charge in [0, 0.05) is 19.2 Å². The molecular formula is C30H38N2O7. The summed E-state index contributed by atoms with van der Waals surface area (Å²) >= 11 is 0.